The van der Waals surface area contributed by atoms with Gasteiger partial charge in [-0.25, -0.2) is 0 Å². The molecule has 4 rings (SSSR count). The van der Waals surface area contributed by atoms with Gasteiger partial charge in [0.25, 0.3) is 5.91 Å². The number of carbonyl (C=O) groups is 1. The smallest absolute Gasteiger partial charge is 0.254 e. The Morgan fingerprint density at radius 2 is 1.89 bits per heavy atom. The summed E-state index contributed by atoms with van der Waals surface area (Å²) in [6.45, 7) is 2.70. The topological polar surface area (TPSA) is 71.7 Å². The molecule has 1 fully saturated rings. The van der Waals surface area contributed by atoms with Crippen molar-refractivity contribution in [3.63, 3.8) is 0 Å². The van der Waals surface area contributed by atoms with Crippen LogP contribution >= 0.6 is 0 Å². The molecule has 0 aliphatic carbocycles. The van der Waals surface area contributed by atoms with Crippen molar-refractivity contribution in [1.82, 2.24) is 15.1 Å². The van der Waals surface area contributed by atoms with E-state index in [1.54, 1.807) is 19.4 Å². The monoisotopic (exact) mass is 364 g/mol. The van der Waals surface area contributed by atoms with Gasteiger partial charge in [0.05, 0.1) is 13.4 Å². The van der Waals surface area contributed by atoms with Crippen molar-refractivity contribution < 1.29 is 13.9 Å². The maximum Gasteiger partial charge on any atom is 0.254 e. The molecular formula is C20H20N4O3. The fourth-order valence-electron chi connectivity index (χ4n) is 3.13. The van der Waals surface area contributed by atoms with Crippen molar-refractivity contribution in [2.24, 2.45) is 0 Å². The van der Waals surface area contributed by atoms with Crippen molar-refractivity contribution in [3.05, 3.63) is 60.4 Å². The average Bonchev–Trinajstić information content (AvgIpc) is 3.28. The lowest BCUT2D eigenvalue weighted by Crippen LogP contribution is -2.49. The lowest BCUT2D eigenvalue weighted by molar-refractivity contribution is 0.0746. The molecule has 27 heavy (non-hydrogen) atoms. The molecule has 3 aromatic rings. The molecule has 0 spiro atoms. The van der Waals surface area contributed by atoms with Crippen molar-refractivity contribution in [3.8, 4) is 17.2 Å². The Kier molecular flexibility index (Phi) is 4.74. The molecular weight excluding hydrogens is 344 g/mol. The maximum atomic E-state index is 12.7. The number of benzene rings is 1. The van der Waals surface area contributed by atoms with Gasteiger partial charge in [0.1, 0.15) is 11.4 Å². The van der Waals surface area contributed by atoms with E-state index in [9.17, 15) is 4.79 Å². The molecule has 0 atom stereocenters. The van der Waals surface area contributed by atoms with Gasteiger partial charge in [-0.1, -0.05) is 6.07 Å². The highest BCUT2D eigenvalue weighted by molar-refractivity contribution is 5.94. The highest BCUT2D eigenvalue weighted by Crippen LogP contribution is 2.20. The zero-order valence-electron chi connectivity index (χ0n) is 15.0. The van der Waals surface area contributed by atoms with Crippen LogP contribution in [-0.4, -0.2) is 54.3 Å². The Morgan fingerprint density at radius 1 is 1.04 bits per heavy atom. The number of rotatable bonds is 4. The van der Waals surface area contributed by atoms with Crippen molar-refractivity contribution >= 4 is 11.7 Å². The van der Waals surface area contributed by atoms with Crippen LogP contribution in [0.5, 0.6) is 5.75 Å². The van der Waals surface area contributed by atoms with Crippen LogP contribution < -0.4 is 9.64 Å². The minimum atomic E-state index is 0.0211. The van der Waals surface area contributed by atoms with Gasteiger partial charge in [0, 0.05) is 31.7 Å². The lowest BCUT2D eigenvalue weighted by Gasteiger charge is -2.35. The zero-order chi connectivity index (χ0) is 18.6. The SMILES string of the molecule is COc1cccc(C(=O)N2CCN(c3ccc(-c4ccco4)nn3)CC2)c1. The van der Waals surface area contributed by atoms with Crippen LogP contribution in [-0.2, 0) is 0 Å². The van der Waals surface area contributed by atoms with Gasteiger partial charge in [-0.3, -0.25) is 4.79 Å². The van der Waals surface area contributed by atoms with Crippen LogP contribution in [0.15, 0.2) is 59.2 Å². The molecule has 1 aromatic carbocycles. The van der Waals surface area contributed by atoms with E-state index in [0.717, 1.165) is 5.82 Å². The normalized spacial score (nSPS) is 14.3. The van der Waals surface area contributed by atoms with E-state index in [0.29, 0.717) is 48.9 Å². The second-order valence-corrected chi connectivity index (χ2v) is 6.27. The number of nitrogens with zero attached hydrogens (tertiary/aromatic N) is 4. The van der Waals surface area contributed by atoms with E-state index < -0.39 is 0 Å². The van der Waals surface area contributed by atoms with E-state index >= 15 is 0 Å². The Morgan fingerprint density at radius 3 is 2.56 bits per heavy atom. The number of ether oxygens (including phenoxy) is 1. The summed E-state index contributed by atoms with van der Waals surface area (Å²) in [5.74, 6) is 2.21. The molecule has 138 valence electrons. The summed E-state index contributed by atoms with van der Waals surface area (Å²) in [6, 6.07) is 14.8. The first-order valence-corrected chi connectivity index (χ1v) is 8.80. The predicted octanol–water partition coefficient (Wildman–Crippen LogP) is 2.71. The second-order valence-electron chi connectivity index (χ2n) is 6.27. The summed E-state index contributed by atoms with van der Waals surface area (Å²) in [5, 5.41) is 8.54. The van der Waals surface area contributed by atoms with E-state index in [1.807, 2.05) is 47.4 Å². The van der Waals surface area contributed by atoms with Crippen molar-refractivity contribution in [2.45, 2.75) is 0 Å². The largest absolute Gasteiger partial charge is 0.497 e. The fraction of sp³-hybridized carbons (Fsp3) is 0.250. The number of methoxy groups -OCH3 is 1. The number of carbonyl (C=O) groups excluding carboxylic acids is 1. The molecule has 7 nitrogen and oxygen atoms in total. The summed E-state index contributed by atoms with van der Waals surface area (Å²) in [6.07, 6.45) is 1.61. The van der Waals surface area contributed by atoms with Gasteiger partial charge < -0.3 is 19.0 Å². The van der Waals surface area contributed by atoms with Crippen molar-refractivity contribution in [1.29, 1.82) is 0 Å². The molecule has 3 heterocycles. The Bertz CT molecular complexity index is 901. The number of furan rings is 1. The molecule has 1 saturated heterocycles. The molecule has 1 amide bonds. The van der Waals surface area contributed by atoms with Crippen molar-refractivity contribution in [2.75, 3.05) is 38.2 Å². The summed E-state index contributed by atoms with van der Waals surface area (Å²) in [4.78, 5) is 16.7. The summed E-state index contributed by atoms with van der Waals surface area (Å²) in [5.41, 5.74) is 1.35. The van der Waals surface area contributed by atoms with Gasteiger partial charge in [-0.15, -0.1) is 10.2 Å². The second kappa shape index (κ2) is 7.49. The van der Waals surface area contributed by atoms with Crippen LogP contribution in [0.2, 0.25) is 0 Å². The highest BCUT2D eigenvalue weighted by atomic mass is 16.5. The van der Waals surface area contributed by atoms with E-state index in [4.69, 9.17) is 9.15 Å². The van der Waals surface area contributed by atoms with Gasteiger partial charge >= 0.3 is 0 Å². The third-order valence-electron chi connectivity index (χ3n) is 4.63. The highest BCUT2D eigenvalue weighted by Gasteiger charge is 2.23. The number of piperazine rings is 1. The Balaban J connectivity index is 1.39. The molecule has 0 unspecified atom stereocenters. The first-order chi connectivity index (χ1) is 13.2. The summed E-state index contributed by atoms with van der Waals surface area (Å²) in [7, 11) is 1.60. The van der Waals surface area contributed by atoms with Gasteiger partial charge in [0.15, 0.2) is 11.6 Å². The first kappa shape index (κ1) is 17.1. The van der Waals surface area contributed by atoms with Crippen LogP contribution in [0.1, 0.15) is 10.4 Å². The molecule has 1 aliphatic rings. The molecule has 0 radical (unpaired) electrons. The Hall–Kier alpha value is -3.35. The molecule has 0 bridgehead atoms. The molecule has 7 heteroatoms. The maximum absolute atomic E-state index is 12.7. The van der Waals surface area contributed by atoms with Gasteiger partial charge in [0.2, 0.25) is 0 Å². The van der Waals surface area contributed by atoms with E-state index in [2.05, 4.69) is 15.1 Å². The average molecular weight is 364 g/mol. The summed E-state index contributed by atoms with van der Waals surface area (Å²) < 4.78 is 10.5. The first-order valence-electron chi connectivity index (χ1n) is 8.80. The third kappa shape index (κ3) is 3.62. The van der Waals surface area contributed by atoms with Gasteiger partial charge in [-0.05, 0) is 42.5 Å². The number of amides is 1. The van der Waals surface area contributed by atoms with Crippen LogP contribution in [0, 0.1) is 0 Å². The number of aromatic nitrogens is 2. The van der Waals surface area contributed by atoms with Crippen LogP contribution in [0.4, 0.5) is 5.82 Å². The fourth-order valence-corrected chi connectivity index (χ4v) is 3.13. The van der Waals surface area contributed by atoms with Gasteiger partial charge in [-0.2, -0.15) is 0 Å². The minimum Gasteiger partial charge on any atom is -0.497 e. The quantitative estimate of drug-likeness (QED) is 0.709. The molecule has 2 aromatic heterocycles. The molecule has 1 aliphatic heterocycles. The zero-order valence-corrected chi connectivity index (χ0v) is 15.0. The number of hydrogen-bond acceptors (Lipinski definition) is 6. The minimum absolute atomic E-state index is 0.0211. The third-order valence-corrected chi connectivity index (χ3v) is 4.63. The summed E-state index contributed by atoms with van der Waals surface area (Å²) >= 11 is 0. The molecule has 0 saturated carbocycles. The van der Waals surface area contributed by atoms with E-state index in [-0.39, 0.29) is 5.91 Å². The van der Waals surface area contributed by atoms with Crippen LogP contribution in [0.25, 0.3) is 11.5 Å². The Labute approximate surface area is 157 Å². The predicted molar refractivity (Wildman–Crippen MR) is 101 cm³/mol. The van der Waals surface area contributed by atoms with E-state index in [1.165, 1.54) is 0 Å². The number of anilines is 1. The standard InChI is InChI=1S/C20H20N4O3/c1-26-16-5-2-4-15(14-16)20(25)24-11-9-23(10-12-24)19-8-7-17(21-22-19)18-6-3-13-27-18/h2-8,13-14H,9-12H2,1H3. The lowest BCUT2D eigenvalue weighted by atomic mass is 10.1. The van der Waals surface area contributed by atoms with Crippen LogP contribution in [0.3, 0.4) is 0 Å². The number of hydrogen-bond donors (Lipinski definition) is 0. The molecule has 0 N–H and O–H groups in total.